The van der Waals surface area contributed by atoms with Gasteiger partial charge in [-0.05, 0) is 0 Å². The van der Waals surface area contributed by atoms with E-state index in [0.29, 0.717) is 0 Å². The number of benzene rings is 1. The van der Waals surface area contributed by atoms with Crippen LogP contribution in [0.25, 0.3) is 0 Å². The summed E-state index contributed by atoms with van der Waals surface area (Å²) in [5.41, 5.74) is 0. The fourth-order valence-corrected chi connectivity index (χ4v) is 6.28. The standard InChI is InChI=1S/C11H16O2SSe/c1-11(2,3)14(12,13)9-15-10-7-5-4-6-8-10/h4-8H,9H2,1-3H3. The molecule has 1 aromatic carbocycles. The van der Waals surface area contributed by atoms with Gasteiger partial charge in [0.25, 0.3) is 0 Å². The SMILES string of the molecule is CC(C)(C)S(=O)(=O)C[Se]c1ccccc1. The fraction of sp³-hybridized carbons (Fsp3) is 0.455. The molecule has 0 heterocycles. The zero-order valence-corrected chi connectivity index (χ0v) is 11.8. The molecule has 1 rings (SSSR count). The Labute approximate surface area is 98.2 Å². The molecule has 84 valence electrons. The Morgan fingerprint density at radius 1 is 1.13 bits per heavy atom. The van der Waals surface area contributed by atoms with Gasteiger partial charge in [0, 0.05) is 0 Å². The van der Waals surface area contributed by atoms with Crippen LogP contribution in [0.1, 0.15) is 20.8 Å². The molecule has 0 spiro atoms. The Kier molecular flexibility index (Phi) is 3.99. The van der Waals surface area contributed by atoms with Crippen molar-refractivity contribution in [3.63, 3.8) is 0 Å². The molecule has 4 heteroatoms. The molecular weight excluding hydrogens is 275 g/mol. The van der Waals surface area contributed by atoms with Gasteiger partial charge in [0.2, 0.25) is 0 Å². The molecule has 0 aliphatic carbocycles. The Morgan fingerprint density at radius 2 is 1.67 bits per heavy atom. The predicted molar refractivity (Wildman–Crippen MR) is 65.4 cm³/mol. The number of rotatable bonds is 3. The third-order valence-electron chi connectivity index (χ3n) is 2.06. The van der Waals surface area contributed by atoms with Crippen LogP contribution < -0.4 is 4.46 Å². The van der Waals surface area contributed by atoms with E-state index in [4.69, 9.17) is 0 Å². The van der Waals surface area contributed by atoms with Gasteiger partial charge >= 0.3 is 98.2 Å². The van der Waals surface area contributed by atoms with Crippen molar-refractivity contribution >= 4 is 29.3 Å². The van der Waals surface area contributed by atoms with E-state index in [1.54, 1.807) is 20.8 Å². The van der Waals surface area contributed by atoms with Crippen molar-refractivity contribution in [1.82, 2.24) is 0 Å². The van der Waals surface area contributed by atoms with Gasteiger partial charge in [0.1, 0.15) is 0 Å². The van der Waals surface area contributed by atoms with Crippen molar-refractivity contribution < 1.29 is 8.42 Å². The second kappa shape index (κ2) is 4.69. The quantitative estimate of drug-likeness (QED) is 0.784. The van der Waals surface area contributed by atoms with Crippen LogP contribution in [0.5, 0.6) is 0 Å². The monoisotopic (exact) mass is 292 g/mol. The van der Waals surface area contributed by atoms with Crippen LogP contribution in [0, 0.1) is 0 Å². The molecule has 0 radical (unpaired) electrons. The van der Waals surface area contributed by atoms with E-state index in [9.17, 15) is 8.42 Å². The van der Waals surface area contributed by atoms with Crippen molar-refractivity contribution in [2.45, 2.75) is 25.5 Å². The molecule has 0 aliphatic rings. The Hall–Kier alpha value is -0.311. The first-order chi connectivity index (χ1) is 6.83. The van der Waals surface area contributed by atoms with E-state index in [0.717, 1.165) is 4.46 Å². The summed E-state index contributed by atoms with van der Waals surface area (Å²) in [7, 11) is -2.97. The zero-order chi connectivity index (χ0) is 11.5. The maximum atomic E-state index is 11.8. The van der Waals surface area contributed by atoms with Crippen molar-refractivity contribution in [3.8, 4) is 0 Å². The maximum absolute atomic E-state index is 11.8. The molecule has 0 aromatic heterocycles. The Bertz CT molecular complexity index is 404. The van der Waals surface area contributed by atoms with Gasteiger partial charge in [-0.1, -0.05) is 0 Å². The van der Waals surface area contributed by atoms with Gasteiger partial charge in [-0.2, -0.15) is 0 Å². The van der Waals surface area contributed by atoms with E-state index >= 15 is 0 Å². The molecule has 0 N–H and O–H groups in total. The van der Waals surface area contributed by atoms with Crippen molar-refractivity contribution in [1.29, 1.82) is 0 Å². The van der Waals surface area contributed by atoms with E-state index in [2.05, 4.69) is 0 Å². The van der Waals surface area contributed by atoms with E-state index in [1.807, 2.05) is 30.3 Å². The van der Waals surface area contributed by atoms with Crippen LogP contribution in [0.15, 0.2) is 30.3 Å². The normalized spacial score (nSPS) is 12.7. The molecule has 1 aromatic rings. The minimum atomic E-state index is -2.97. The Balaban J connectivity index is 2.67. The summed E-state index contributed by atoms with van der Waals surface area (Å²) in [6.07, 6.45) is 0. The number of hydrogen-bond acceptors (Lipinski definition) is 2. The second-order valence-electron chi connectivity index (χ2n) is 4.30. The molecule has 2 nitrogen and oxygen atoms in total. The summed E-state index contributed by atoms with van der Waals surface area (Å²) in [6, 6.07) is 9.80. The third-order valence-corrected chi connectivity index (χ3v) is 8.32. The molecular formula is C11H16O2SSe. The van der Waals surface area contributed by atoms with Crippen LogP contribution >= 0.6 is 0 Å². The molecule has 0 saturated heterocycles. The first-order valence-corrected chi connectivity index (χ1v) is 8.45. The van der Waals surface area contributed by atoms with E-state index in [1.165, 1.54) is 0 Å². The first-order valence-electron chi connectivity index (χ1n) is 4.73. The molecule has 0 aliphatic heterocycles. The van der Waals surface area contributed by atoms with Crippen molar-refractivity contribution in [3.05, 3.63) is 30.3 Å². The summed E-state index contributed by atoms with van der Waals surface area (Å²) < 4.78 is 24.5. The third kappa shape index (κ3) is 3.63. The first kappa shape index (κ1) is 12.8. The van der Waals surface area contributed by atoms with Crippen molar-refractivity contribution in [2.75, 3.05) is 4.65 Å². The Morgan fingerprint density at radius 3 is 2.13 bits per heavy atom. The van der Waals surface area contributed by atoms with Crippen LogP contribution in [-0.4, -0.2) is 32.8 Å². The van der Waals surface area contributed by atoms with Gasteiger partial charge in [0.05, 0.1) is 0 Å². The summed E-state index contributed by atoms with van der Waals surface area (Å²) in [5, 5.41) is 0. The molecule has 0 atom stereocenters. The number of sulfone groups is 1. The summed E-state index contributed by atoms with van der Waals surface area (Å²) in [5.74, 6) is 0. The van der Waals surface area contributed by atoms with Crippen LogP contribution in [0.2, 0.25) is 0 Å². The van der Waals surface area contributed by atoms with Gasteiger partial charge in [0.15, 0.2) is 0 Å². The van der Waals surface area contributed by atoms with Crippen LogP contribution in [-0.2, 0) is 9.84 Å². The number of hydrogen-bond donors (Lipinski definition) is 0. The molecule has 0 saturated carbocycles. The molecule has 0 bridgehead atoms. The second-order valence-corrected chi connectivity index (χ2v) is 10.1. The molecule has 0 unspecified atom stereocenters. The van der Waals surface area contributed by atoms with Gasteiger partial charge in [-0.15, -0.1) is 0 Å². The fourth-order valence-electron chi connectivity index (χ4n) is 0.839. The molecule has 0 fully saturated rings. The van der Waals surface area contributed by atoms with Crippen molar-refractivity contribution in [2.24, 2.45) is 0 Å². The van der Waals surface area contributed by atoms with Gasteiger partial charge < -0.3 is 0 Å². The minimum absolute atomic E-state index is 0.0212. The predicted octanol–water partition coefficient (Wildman–Crippen LogP) is 1.19. The molecule has 15 heavy (non-hydrogen) atoms. The average Bonchev–Trinajstić information content (AvgIpc) is 2.15. The topological polar surface area (TPSA) is 34.1 Å². The summed E-state index contributed by atoms with van der Waals surface area (Å²) in [4.78, 5) is 0. The summed E-state index contributed by atoms with van der Waals surface area (Å²) in [6.45, 7) is 5.26. The van der Waals surface area contributed by atoms with Gasteiger partial charge in [-0.3, -0.25) is 0 Å². The van der Waals surface area contributed by atoms with Crippen LogP contribution in [0.4, 0.5) is 0 Å². The summed E-state index contributed by atoms with van der Waals surface area (Å²) >= 11 is 0.0212. The van der Waals surface area contributed by atoms with E-state index < -0.39 is 14.6 Å². The van der Waals surface area contributed by atoms with E-state index in [-0.39, 0.29) is 19.6 Å². The molecule has 0 amide bonds. The van der Waals surface area contributed by atoms with Crippen LogP contribution in [0.3, 0.4) is 0 Å². The zero-order valence-electron chi connectivity index (χ0n) is 9.23. The average molecular weight is 291 g/mol. The van der Waals surface area contributed by atoms with Gasteiger partial charge in [-0.25, -0.2) is 0 Å².